The Bertz CT molecular complexity index is 787. The Kier molecular flexibility index (Phi) is 6.25. The van der Waals surface area contributed by atoms with Gasteiger partial charge < -0.3 is 15.5 Å². The first kappa shape index (κ1) is 19.2. The van der Waals surface area contributed by atoms with Gasteiger partial charge in [0.1, 0.15) is 5.75 Å². The highest BCUT2D eigenvalue weighted by Crippen LogP contribution is 2.44. The van der Waals surface area contributed by atoms with Crippen molar-refractivity contribution in [2.75, 3.05) is 0 Å². The molecule has 2 aliphatic rings. The topological polar surface area (TPSA) is 68.1 Å². The van der Waals surface area contributed by atoms with E-state index >= 15 is 0 Å². The fourth-order valence-electron chi connectivity index (χ4n) is 3.70. The molecular formula is C21H29ClN2O2. The maximum atomic E-state index is 11.8. The second-order valence-corrected chi connectivity index (χ2v) is 8.32. The Morgan fingerprint density at radius 3 is 2.27 bits per heavy atom. The molecule has 2 aliphatic carbocycles. The van der Waals surface area contributed by atoms with Crippen LogP contribution in [-0.2, 0) is 0 Å². The number of ether oxygens (including phenoxy) is 1. The quantitative estimate of drug-likeness (QED) is 0.801. The van der Waals surface area contributed by atoms with Crippen LogP contribution in [0.2, 0.25) is 5.02 Å². The minimum atomic E-state index is -0.115. The largest absolute Gasteiger partial charge is 0.489 e. The normalized spacial score (nSPS) is 22.8. The fourth-order valence-corrected chi connectivity index (χ4v) is 3.91. The van der Waals surface area contributed by atoms with Gasteiger partial charge in [0.05, 0.1) is 11.1 Å². The van der Waals surface area contributed by atoms with E-state index in [1.807, 2.05) is 26.0 Å². The minimum Gasteiger partial charge on any atom is -0.489 e. The highest BCUT2D eigenvalue weighted by atomic mass is 35.5. The van der Waals surface area contributed by atoms with Gasteiger partial charge in [-0.25, -0.2) is 0 Å². The third-order valence-corrected chi connectivity index (χ3v) is 5.42. The lowest BCUT2D eigenvalue weighted by atomic mass is 9.84. The molecule has 2 aromatic rings. The first-order valence-electron chi connectivity index (χ1n) is 9.67. The lowest BCUT2D eigenvalue weighted by Gasteiger charge is -2.29. The second kappa shape index (κ2) is 8.45. The van der Waals surface area contributed by atoms with Gasteiger partial charge in [-0.15, -0.1) is 0 Å². The molecule has 2 saturated carbocycles. The van der Waals surface area contributed by atoms with Crippen molar-refractivity contribution in [1.82, 2.24) is 4.98 Å². The smallest absolute Gasteiger partial charge is 0.255 e. The molecule has 0 bridgehead atoms. The summed E-state index contributed by atoms with van der Waals surface area (Å²) in [6.07, 6.45) is 9.56. The number of pyridine rings is 1. The van der Waals surface area contributed by atoms with Crippen LogP contribution in [0.4, 0.5) is 0 Å². The number of fused-ring (bicyclic) bond motifs is 1. The number of halogens is 1. The number of hydrogen-bond donors (Lipinski definition) is 2. The predicted octanol–water partition coefficient (Wildman–Crippen LogP) is 4.88. The summed E-state index contributed by atoms with van der Waals surface area (Å²) in [5.74, 6) is 2.62. The van der Waals surface area contributed by atoms with Gasteiger partial charge in [-0.1, -0.05) is 25.4 Å². The molecule has 0 atom stereocenters. The highest BCUT2D eigenvalue weighted by molar-refractivity contribution is 6.32. The van der Waals surface area contributed by atoms with E-state index < -0.39 is 0 Å². The summed E-state index contributed by atoms with van der Waals surface area (Å²) >= 11 is 6.31. The molecule has 142 valence electrons. The van der Waals surface area contributed by atoms with Crippen molar-refractivity contribution in [2.45, 2.75) is 64.5 Å². The molecule has 5 heteroatoms. The van der Waals surface area contributed by atoms with Crippen LogP contribution in [0.25, 0.3) is 10.8 Å². The first-order chi connectivity index (χ1) is 12.4. The van der Waals surface area contributed by atoms with Crippen molar-refractivity contribution in [1.29, 1.82) is 0 Å². The first-order valence-corrected chi connectivity index (χ1v) is 10.0. The third kappa shape index (κ3) is 5.01. The molecule has 4 nitrogen and oxygen atoms in total. The Labute approximate surface area is 160 Å². The number of hydrogen-bond acceptors (Lipinski definition) is 3. The van der Waals surface area contributed by atoms with Crippen LogP contribution in [0.15, 0.2) is 29.2 Å². The van der Waals surface area contributed by atoms with E-state index in [4.69, 9.17) is 22.1 Å². The third-order valence-electron chi connectivity index (χ3n) is 5.13. The molecule has 3 N–H and O–H groups in total. The number of aromatic nitrogens is 1. The van der Waals surface area contributed by atoms with Crippen LogP contribution in [-0.4, -0.2) is 17.1 Å². The van der Waals surface area contributed by atoms with Gasteiger partial charge in [-0.2, -0.15) is 0 Å². The van der Waals surface area contributed by atoms with Crippen molar-refractivity contribution >= 4 is 22.4 Å². The molecule has 1 aromatic carbocycles. The molecule has 26 heavy (non-hydrogen) atoms. The van der Waals surface area contributed by atoms with E-state index in [9.17, 15) is 4.79 Å². The Balaban J connectivity index is 0.000000447. The monoisotopic (exact) mass is 376 g/mol. The molecule has 0 spiro atoms. The van der Waals surface area contributed by atoms with Gasteiger partial charge in [0.2, 0.25) is 0 Å². The zero-order chi connectivity index (χ0) is 18.7. The zero-order valence-electron chi connectivity index (χ0n) is 15.6. The van der Waals surface area contributed by atoms with Crippen molar-refractivity contribution in [2.24, 2.45) is 17.6 Å². The zero-order valence-corrected chi connectivity index (χ0v) is 16.4. The Morgan fingerprint density at radius 2 is 1.69 bits per heavy atom. The average molecular weight is 377 g/mol. The Hall–Kier alpha value is -1.52. The van der Waals surface area contributed by atoms with E-state index in [-0.39, 0.29) is 11.7 Å². The SMILES string of the molecule is CC(C)N.O=c1[nH]ccc2cc(OC3CCC(C4CC4)CC3)c(Cl)cc12. The van der Waals surface area contributed by atoms with Crippen molar-refractivity contribution < 1.29 is 4.74 Å². The molecule has 0 unspecified atom stereocenters. The van der Waals surface area contributed by atoms with Crippen LogP contribution >= 0.6 is 11.6 Å². The van der Waals surface area contributed by atoms with E-state index in [0.29, 0.717) is 22.2 Å². The standard InChI is InChI=1S/C18H20ClNO2.C3H9N/c19-16-10-15-13(7-8-20-18(15)21)9-17(16)22-14-5-3-12(4-6-14)11-1-2-11;1-3(2)4/h7-12,14H,1-6H2,(H,20,21);3H,4H2,1-2H3. The van der Waals surface area contributed by atoms with Crippen molar-refractivity contribution in [3.8, 4) is 5.75 Å². The summed E-state index contributed by atoms with van der Waals surface area (Å²) in [4.78, 5) is 14.5. The number of benzene rings is 1. The molecule has 4 rings (SSSR count). The Morgan fingerprint density at radius 1 is 1.12 bits per heavy atom. The average Bonchev–Trinajstić information content (AvgIpc) is 3.42. The van der Waals surface area contributed by atoms with Crippen molar-refractivity contribution in [3.05, 3.63) is 39.8 Å². The van der Waals surface area contributed by atoms with Gasteiger partial charge in [-0.3, -0.25) is 4.79 Å². The molecule has 1 aromatic heterocycles. The van der Waals surface area contributed by atoms with Gasteiger partial charge in [0.25, 0.3) is 5.56 Å². The summed E-state index contributed by atoms with van der Waals surface area (Å²) in [5.41, 5.74) is 5.00. The lowest BCUT2D eigenvalue weighted by molar-refractivity contribution is 0.125. The maximum absolute atomic E-state index is 11.8. The summed E-state index contributed by atoms with van der Waals surface area (Å²) in [6.45, 7) is 3.89. The van der Waals surface area contributed by atoms with E-state index in [0.717, 1.165) is 30.1 Å². The molecule has 2 fully saturated rings. The van der Waals surface area contributed by atoms with Crippen LogP contribution in [0, 0.1) is 11.8 Å². The molecule has 0 radical (unpaired) electrons. The highest BCUT2D eigenvalue weighted by Gasteiger charge is 2.34. The summed E-state index contributed by atoms with van der Waals surface area (Å²) in [6, 6.07) is 5.81. The molecule has 0 aliphatic heterocycles. The second-order valence-electron chi connectivity index (χ2n) is 7.91. The van der Waals surface area contributed by atoms with Crippen LogP contribution in [0.3, 0.4) is 0 Å². The van der Waals surface area contributed by atoms with Gasteiger partial charge in [0, 0.05) is 11.6 Å². The fraction of sp³-hybridized carbons (Fsp3) is 0.571. The molecule has 1 heterocycles. The molecule has 0 amide bonds. The molecular weight excluding hydrogens is 348 g/mol. The van der Waals surface area contributed by atoms with E-state index in [1.54, 1.807) is 12.3 Å². The van der Waals surface area contributed by atoms with Gasteiger partial charge >= 0.3 is 0 Å². The van der Waals surface area contributed by atoms with Crippen LogP contribution in [0.5, 0.6) is 5.75 Å². The van der Waals surface area contributed by atoms with Crippen LogP contribution in [0.1, 0.15) is 52.4 Å². The minimum absolute atomic E-state index is 0.115. The maximum Gasteiger partial charge on any atom is 0.255 e. The molecule has 0 saturated heterocycles. The number of rotatable bonds is 3. The van der Waals surface area contributed by atoms with Gasteiger partial charge in [-0.05, 0) is 80.0 Å². The number of nitrogens with one attached hydrogen (secondary N) is 1. The lowest BCUT2D eigenvalue weighted by Crippen LogP contribution is -2.25. The number of H-pyrrole nitrogens is 1. The summed E-state index contributed by atoms with van der Waals surface area (Å²) in [7, 11) is 0. The number of aromatic amines is 1. The van der Waals surface area contributed by atoms with Crippen LogP contribution < -0.4 is 16.0 Å². The summed E-state index contributed by atoms with van der Waals surface area (Å²) in [5, 5.41) is 2.00. The van der Waals surface area contributed by atoms with Crippen molar-refractivity contribution in [3.63, 3.8) is 0 Å². The van der Waals surface area contributed by atoms with Gasteiger partial charge in [0.15, 0.2) is 0 Å². The predicted molar refractivity (Wildman–Crippen MR) is 108 cm³/mol. The van der Waals surface area contributed by atoms with E-state index in [1.165, 1.54) is 25.7 Å². The summed E-state index contributed by atoms with van der Waals surface area (Å²) < 4.78 is 6.14. The number of nitrogens with two attached hydrogens (primary N) is 1. The van der Waals surface area contributed by atoms with E-state index in [2.05, 4.69) is 4.98 Å².